The Morgan fingerprint density at radius 1 is 1.37 bits per heavy atom. The minimum atomic E-state index is -2.66. The molecule has 0 bridgehead atoms. The Morgan fingerprint density at radius 2 is 1.95 bits per heavy atom. The fraction of sp³-hybridized carbons (Fsp3) is 0.500. The van der Waals surface area contributed by atoms with E-state index in [4.69, 9.17) is 0 Å². The van der Waals surface area contributed by atoms with Crippen LogP contribution in [0.5, 0.6) is 0 Å². The summed E-state index contributed by atoms with van der Waals surface area (Å²) in [6, 6.07) is 3.10. The lowest BCUT2D eigenvalue weighted by molar-refractivity contribution is -0.384. The third-order valence-corrected chi connectivity index (χ3v) is 4.14. The topological polar surface area (TPSA) is 46.4 Å². The van der Waals surface area contributed by atoms with Crippen molar-refractivity contribution >= 4 is 27.3 Å². The van der Waals surface area contributed by atoms with Gasteiger partial charge in [0, 0.05) is 36.5 Å². The molecule has 1 aliphatic heterocycles. The Morgan fingerprint density at radius 3 is 2.47 bits per heavy atom. The molecular weight excluding hydrogens is 322 g/mol. The molecule has 0 radical (unpaired) electrons. The van der Waals surface area contributed by atoms with E-state index in [2.05, 4.69) is 15.9 Å². The fourth-order valence-electron chi connectivity index (χ4n) is 2.13. The van der Waals surface area contributed by atoms with E-state index in [1.54, 1.807) is 17.9 Å². The average molecular weight is 335 g/mol. The normalized spacial score (nSPS) is 18.4. The molecule has 104 valence electrons. The summed E-state index contributed by atoms with van der Waals surface area (Å²) in [6.45, 7) is 2.01. The molecule has 4 nitrogen and oxygen atoms in total. The molecule has 1 aromatic rings. The molecule has 7 heteroatoms. The third kappa shape index (κ3) is 3.02. The number of hydrogen-bond acceptors (Lipinski definition) is 3. The molecule has 1 heterocycles. The van der Waals surface area contributed by atoms with Crippen LogP contribution in [0.2, 0.25) is 0 Å². The molecule has 1 aliphatic rings. The van der Waals surface area contributed by atoms with Crippen LogP contribution in [0.15, 0.2) is 16.6 Å². The van der Waals surface area contributed by atoms with Gasteiger partial charge < -0.3 is 4.90 Å². The van der Waals surface area contributed by atoms with Crippen molar-refractivity contribution in [1.29, 1.82) is 0 Å². The third-order valence-electron chi connectivity index (χ3n) is 3.29. The van der Waals surface area contributed by atoms with E-state index in [0.29, 0.717) is 5.69 Å². The van der Waals surface area contributed by atoms with Crippen molar-refractivity contribution in [3.05, 3.63) is 32.3 Å². The predicted octanol–water partition coefficient (Wildman–Crippen LogP) is 3.90. The number of anilines is 1. The second-order valence-electron chi connectivity index (χ2n) is 4.69. The number of nitro benzene ring substituents is 1. The molecular formula is C12H13BrF2N2O2. The van der Waals surface area contributed by atoms with Gasteiger partial charge in [-0.05, 0) is 18.6 Å². The Kier molecular flexibility index (Phi) is 3.75. The highest BCUT2D eigenvalue weighted by molar-refractivity contribution is 9.10. The number of aryl methyl sites for hydroxylation is 1. The van der Waals surface area contributed by atoms with Gasteiger partial charge in [0.25, 0.3) is 11.6 Å². The number of benzene rings is 1. The second kappa shape index (κ2) is 5.03. The number of nitrogens with zero attached hydrogens (tertiary/aromatic N) is 2. The van der Waals surface area contributed by atoms with Crippen LogP contribution in [0.4, 0.5) is 20.2 Å². The van der Waals surface area contributed by atoms with Crippen molar-refractivity contribution in [1.82, 2.24) is 0 Å². The minimum absolute atomic E-state index is 0.0362. The van der Waals surface area contributed by atoms with E-state index >= 15 is 0 Å². The lowest BCUT2D eigenvalue weighted by Gasteiger charge is -2.33. The molecule has 0 atom stereocenters. The number of halogens is 3. The van der Waals surface area contributed by atoms with E-state index in [1.807, 2.05) is 0 Å². The van der Waals surface area contributed by atoms with E-state index in [9.17, 15) is 18.9 Å². The standard InChI is InChI=1S/C12H13BrF2N2O2/c1-8-6-11(17(18)19)10(7-9(8)13)16-4-2-12(14,15)3-5-16/h6-7H,2-5H2,1H3. The summed E-state index contributed by atoms with van der Waals surface area (Å²) in [5.74, 6) is -2.66. The molecule has 0 aliphatic carbocycles. The molecule has 0 amide bonds. The highest BCUT2D eigenvalue weighted by Gasteiger charge is 2.35. The molecule has 0 N–H and O–H groups in total. The van der Waals surface area contributed by atoms with Gasteiger partial charge in [0.15, 0.2) is 0 Å². The summed E-state index contributed by atoms with van der Waals surface area (Å²) in [4.78, 5) is 12.3. The van der Waals surface area contributed by atoms with Crippen LogP contribution in [-0.4, -0.2) is 23.9 Å². The van der Waals surface area contributed by atoms with E-state index < -0.39 is 10.8 Å². The lowest BCUT2D eigenvalue weighted by Crippen LogP contribution is -2.39. The molecule has 0 unspecified atom stereocenters. The molecule has 1 saturated heterocycles. The van der Waals surface area contributed by atoms with Gasteiger partial charge in [0.2, 0.25) is 0 Å². The van der Waals surface area contributed by atoms with E-state index in [0.717, 1.165) is 10.0 Å². The molecule has 0 aromatic heterocycles. The van der Waals surface area contributed by atoms with Crippen molar-refractivity contribution in [3.8, 4) is 0 Å². The van der Waals surface area contributed by atoms with Gasteiger partial charge in [-0.15, -0.1) is 0 Å². The second-order valence-corrected chi connectivity index (χ2v) is 5.54. The summed E-state index contributed by atoms with van der Waals surface area (Å²) in [7, 11) is 0. The Balaban J connectivity index is 2.34. The first-order chi connectivity index (χ1) is 8.80. The Bertz CT molecular complexity index is 513. The van der Waals surface area contributed by atoms with Crippen LogP contribution in [0.1, 0.15) is 18.4 Å². The monoisotopic (exact) mass is 334 g/mol. The maximum Gasteiger partial charge on any atom is 0.292 e. The highest BCUT2D eigenvalue weighted by atomic mass is 79.9. The summed E-state index contributed by atoms with van der Waals surface area (Å²) >= 11 is 3.32. The van der Waals surface area contributed by atoms with Gasteiger partial charge in [0.1, 0.15) is 5.69 Å². The molecule has 1 fully saturated rings. The SMILES string of the molecule is Cc1cc([N+](=O)[O-])c(N2CCC(F)(F)CC2)cc1Br. The molecule has 1 aromatic carbocycles. The molecule has 2 rings (SSSR count). The van der Waals surface area contributed by atoms with Crippen molar-refractivity contribution < 1.29 is 13.7 Å². The van der Waals surface area contributed by atoms with Crippen LogP contribution < -0.4 is 4.90 Å². The van der Waals surface area contributed by atoms with Crippen LogP contribution >= 0.6 is 15.9 Å². The Labute approximate surface area is 117 Å². The zero-order valence-corrected chi connectivity index (χ0v) is 11.9. The molecule has 19 heavy (non-hydrogen) atoms. The van der Waals surface area contributed by atoms with E-state index in [-0.39, 0.29) is 31.6 Å². The highest BCUT2D eigenvalue weighted by Crippen LogP contribution is 2.37. The summed E-state index contributed by atoms with van der Waals surface area (Å²) in [5, 5.41) is 11.1. The van der Waals surface area contributed by atoms with Crippen molar-refractivity contribution in [2.24, 2.45) is 0 Å². The maximum atomic E-state index is 13.1. The first-order valence-corrected chi connectivity index (χ1v) is 6.67. The summed E-state index contributed by atoms with van der Waals surface area (Å²) in [6.07, 6.45) is -0.536. The van der Waals surface area contributed by atoms with Crippen LogP contribution in [0.25, 0.3) is 0 Å². The number of alkyl halides is 2. The van der Waals surface area contributed by atoms with Gasteiger partial charge >= 0.3 is 0 Å². The zero-order chi connectivity index (χ0) is 14.2. The maximum absolute atomic E-state index is 13.1. The summed E-state index contributed by atoms with van der Waals surface area (Å²) in [5.41, 5.74) is 1.11. The van der Waals surface area contributed by atoms with Crippen LogP contribution in [0, 0.1) is 17.0 Å². The van der Waals surface area contributed by atoms with Gasteiger partial charge in [-0.25, -0.2) is 8.78 Å². The number of nitro groups is 1. The van der Waals surface area contributed by atoms with Crippen molar-refractivity contribution in [2.75, 3.05) is 18.0 Å². The molecule has 0 spiro atoms. The lowest BCUT2D eigenvalue weighted by atomic mass is 10.1. The average Bonchev–Trinajstić information content (AvgIpc) is 2.32. The first kappa shape index (κ1) is 14.2. The first-order valence-electron chi connectivity index (χ1n) is 5.87. The predicted molar refractivity (Wildman–Crippen MR) is 71.9 cm³/mol. The van der Waals surface area contributed by atoms with Crippen molar-refractivity contribution in [2.45, 2.75) is 25.7 Å². The Hall–Kier alpha value is -1.24. The summed E-state index contributed by atoms with van der Waals surface area (Å²) < 4.78 is 27.0. The largest absolute Gasteiger partial charge is 0.366 e. The van der Waals surface area contributed by atoms with Crippen molar-refractivity contribution in [3.63, 3.8) is 0 Å². The number of hydrogen-bond donors (Lipinski definition) is 0. The minimum Gasteiger partial charge on any atom is -0.366 e. The quantitative estimate of drug-likeness (QED) is 0.608. The van der Waals surface area contributed by atoms with E-state index in [1.165, 1.54) is 6.07 Å². The number of rotatable bonds is 2. The van der Waals surface area contributed by atoms with Crippen LogP contribution in [0.3, 0.4) is 0 Å². The smallest absolute Gasteiger partial charge is 0.292 e. The van der Waals surface area contributed by atoms with Crippen LogP contribution in [-0.2, 0) is 0 Å². The van der Waals surface area contributed by atoms with Gasteiger partial charge in [-0.1, -0.05) is 15.9 Å². The zero-order valence-electron chi connectivity index (χ0n) is 10.3. The molecule has 0 saturated carbocycles. The number of piperidine rings is 1. The van der Waals surface area contributed by atoms with Gasteiger partial charge in [0.05, 0.1) is 4.92 Å². The van der Waals surface area contributed by atoms with Gasteiger partial charge in [-0.2, -0.15) is 0 Å². The fourth-order valence-corrected chi connectivity index (χ4v) is 2.46. The van der Waals surface area contributed by atoms with Gasteiger partial charge in [-0.3, -0.25) is 10.1 Å².